The molecular weight excluding hydrogens is 264 g/mol. The molecule has 0 bridgehead atoms. The lowest BCUT2D eigenvalue weighted by Gasteiger charge is -2.38. The fourth-order valence-corrected chi connectivity index (χ4v) is 2.72. The first-order chi connectivity index (χ1) is 10.0. The van der Waals surface area contributed by atoms with Crippen molar-refractivity contribution in [3.8, 4) is 0 Å². The van der Waals surface area contributed by atoms with Gasteiger partial charge in [-0.15, -0.1) is 0 Å². The topological polar surface area (TPSA) is 49.4 Å². The number of piperazine rings is 1. The number of nitrogens with one attached hydrogen (secondary N) is 1. The van der Waals surface area contributed by atoms with Crippen LogP contribution >= 0.6 is 0 Å². The minimum atomic E-state index is -0.444. The number of carbonyl (C=O) groups is 2. The van der Waals surface area contributed by atoms with Crippen molar-refractivity contribution in [1.82, 2.24) is 10.2 Å². The van der Waals surface area contributed by atoms with Gasteiger partial charge in [0, 0.05) is 12.5 Å². The third-order valence-electron chi connectivity index (χ3n) is 4.47. The van der Waals surface area contributed by atoms with Crippen LogP contribution in [0, 0.1) is 5.92 Å². The second-order valence-electron chi connectivity index (χ2n) is 5.90. The lowest BCUT2D eigenvalue weighted by Crippen LogP contribution is -2.61. The molecule has 2 amide bonds. The highest BCUT2D eigenvalue weighted by atomic mass is 16.2. The zero-order chi connectivity index (χ0) is 15.4. The molecule has 1 fully saturated rings. The van der Waals surface area contributed by atoms with Crippen LogP contribution in [0.5, 0.6) is 0 Å². The van der Waals surface area contributed by atoms with Crippen molar-refractivity contribution in [3.63, 3.8) is 0 Å². The Balaban J connectivity index is 2.12. The number of benzene rings is 1. The molecule has 1 aromatic carbocycles. The van der Waals surface area contributed by atoms with Gasteiger partial charge in [0.1, 0.15) is 6.04 Å². The van der Waals surface area contributed by atoms with Crippen molar-refractivity contribution >= 4 is 11.8 Å². The lowest BCUT2D eigenvalue weighted by atomic mass is 9.96. The van der Waals surface area contributed by atoms with E-state index in [9.17, 15) is 9.59 Å². The van der Waals surface area contributed by atoms with Crippen molar-refractivity contribution in [2.75, 3.05) is 6.54 Å². The van der Waals surface area contributed by atoms with Crippen LogP contribution in [0.1, 0.15) is 32.8 Å². The van der Waals surface area contributed by atoms with Crippen LogP contribution < -0.4 is 5.32 Å². The predicted molar refractivity (Wildman–Crippen MR) is 82.7 cm³/mol. The van der Waals surface area contributed by atoms with Gasteiger partial charge in [0.05, 0.1) is 6.54 Å². The van der Waals surface area contributed by atoms with E-state index in [1.54, 1.807) is 4.90 Å². The normalized spacial score (nSPS) is 21.9. The van der Waals surface area contributed by atoms with E-state index in [-0.39, 0.29) is 24.4 Å². The number of nitrogens with zero attached hydrogens (tertiary/aromatic N) is 1. The zero-order valence-corrected chi connectivity index (χ0v) is 13.0. The van der Waals surface area contributed by atoms with Crippen LogP contribution in [0.3, 0.4) is 0 Å². The van der Waals surface area contributed by atoms with E-state index in [0.717, 1.165) is 12.0 Å². The fourth-order valence-electron chi connectivity index (χ4n) is 2.72. The molecule has 3 unspecified atom stereocenters. The number of hydrogen-bond acceptors (Lipinski definition) is 2. The van der Waals surface area contributed by atoms with Gasteiger partial charge in [0.2, 0.25) is 11.8 Å². The van der Waals surface area contributed by atoms with Gasteiger partial charge in [-0.1, -0.05) is 50.6 Å². The molecule has 1 saturated heterocycles. The van der Waals surface area contributed by atoms with E-state index in [4.69, 9.17) is 0 Å². The Kier molecular flexibility index (Phi) is 4.99. The van der Waals surface area contributed by atoms with E-state index in [2.05, 4.69) is 19.2 Å². The monoisotopic (exact) mass is 288 g/mol. The van der Waals surface area contributed by atoms with Crippen molar-refractivity contribution in [2.24, 2.45) is 5.92 Å². The molecule has 3 atom stereocenters. The van der Waals surface area contributed by atoms with Crippen LogP contribution in [0.2, 0.25) is 0 Å². The summed E-state index contributed by atoms with van der Waals surface area (Å²) in [5.41, 5.74) is 1.06. The fraction of sp³-hybridized carbons (Fsp3) is 0.529. The highest BCUT2D eigenvalue weighted by Crippen LogP contribution is 2.18. The molecule has 0 radical (unpaired) electrons. The molecule has 0 saturated carbocycles. The summed E-state index contributed by atoms with van der Waals surface area (Å²) in [5, 5.41) is 2.83. The summed E-state index contributed by atoms with van der Waals surface area (Å²) in [6.45, 7) is 6.44. The smallest absolute Gasteiger partial charge is 0.246 e. The lowest BCUT2D eigenvalue weighted by molar-refractivity contribution is -0.147. The van der Waals surface area contributed by atoms with Crippen LogP contribution in [0.25, 0.3) is 0 Å². The van der Waals surface area contributed by atoms with E-state index in [1.807, 2.05) is 37.3 Å². The first-order valence-corrected chi connectivity index (χ1v) is 7.66. The van der Waals surface area contributed by atoms with E-state index >= 15 is 0 Å². The molecule has 21 heavy (non-hydrogen) atoms. The Hall–Kier alpha value is -1.84. The van der Waals surface area contributed by atoms with Crippen molar-refractivity contribution in [3.05, 3.63) is 35.9 Å². The van der Waals surface area contributed by atoms with E-state index < -0.39 is 6.04 Å². The maximum Gasteiger partial charge on any atom is 0.246 e. The van der Waals surface area contributed by atoms with Crippen molar-refractivity contribution < 1.29 is 9.59 Å². The van der Waals surface area contributed by atoms with E-state index in [0.29, 0.717) is 12.3 Å². The largest absolute Gasteiger partial charge is 0.342 e. The van der Waals surface area contributed by atoms with Crippen molar-refractivity contribution in [2.45, 2.75) is 45.7 Å². The van der Waals surface area contributed by atoms with Crippen molar-refractivity contribution in [1.29, 1.82) is 0 Å². The van der Waals surface area contributed by atoms with Gasteiger partial charge >= 0.3 is 0 Å². The minimum Gasteiger partial charge on any atom is -0.342 e. The third kappa shape index (κ3) is 3.63. The Bertz CT molecular complexity index is 501. The van der Waals surface area contributed by atoms with Crippen LogP contribution in [0.4, 0.5) is 0 Å². The third-order valence-corrected chi connectivity index (χ3v) is 4.47. The van der Waals surface area contributed by atoms with Gasteiger partial charge in [-0.25, -0.2) is 0 Å². The molecule has 1 N–H and O–H groups in total. The zero-order valence-electron chi connectivity index (χ0n) is 13.0. The van der Waals surface area contributed by atoms with E-state index in [1.165, 1.54) is 0 Å². The molecular formula is C17H24N2O2. The van der Waals surface area contributed by atoms with Crippen LogP contribution in [-0.2, 0) is 16.0 Å². The molecule has 1 aliphatic rings. The first-order valence-electron chi connectivity index (χ1n) is 7.66. The maximum absolute atomic E-state index is 12.6. The molecule has 4 heteroatoms. The first kappa shape index (κ1) is 15.5. The Labute approximate surface area is 126 Å². The number of rotatable bonds is 5. The number of carbonyl (C=O) groups excluding carboxylic acids is 2. The summed E-state index contributed by atoms with van der Waals surface area (Å²) in [6.07, 6.45) is 1.55. The molecule has 0 spiro atoms. The summed E-state index contributed by atoms with van der Waals surface area (Å²) in [4.78, 5) is 26.3. The van der Waals surface area contributed by atoms with Gasteiger partial charge in [0.15, 0.2) is 0 Å². The minimum absolute atomic E-state index is 0.0336. The molecule has 2 rings (SSSR count). The summed E-state index contributed by atoms with van der Waals surface area (Å²) >= 11 is 0. The summed E-state index contributed by atoms with van der Waals surface area (Å²) in [6, 6.07) is 9.45. The van der Waals surface area contributed by atoms with Crippen LogP contribution in [0.15, 0.2) is 30.3 Å². The van der Waals surface area contributed by atoms with Gasteiger partial charge < -0.3 is 10.2 Å². The SMILES string of the molecule is CCC(C)C(C)N1CC(=O)NC(Cc2ccccc2)C1=O. The molecule has 114 valence electrons. The summed E-state index contributed by atoms with van der Waals surface area (Å²) in [5.74, 6) is 0.356. The standard InChI is InChI=1S/C17H24N2O2/c1-4-12(2)13(3)19-11-16(20)18-15(17(19)21)10-14-8-6-5-7-9-14/h5-9,12-13,15H,4,10-11H2,1-3H3,(H,18,20). The molecule has 0 aliphatic carbocycles. The van der Waals surface area contributed by atoms with Gasteiger partial charge in [-0.05, 0) is 18.4 Å². The summed E-state index contributed by atoms with van der Waals surface area (Å²) in [7, 11) is 0. The predicted octanol–water partition coefficient (Wildman–Crippen LogP) is 1.99. The molecule has 0 aromatic heterocycles. The molecule has 4 nitrogen and oxygen atoms in total. The molecule has 1 heterocycles. The van der Waals surface area contributed by atoms with Crippen LogP contribution in [-0.4, -0.2) is 35.3 Å². The second kappa shape index (κ2) is 6.74. The molecule has 1 aromatic rings. The number of hydrogen-bond donors (Lipinski definition) is 1. The highest BCUT2D eigenvalue weighted by Gasteiger charge is 2.36. The van der Waals surface area contributed by atoms with Gasteiger partial charge in [-0.2, -0.15) is 0 Å². The highest BCUT2D eigenvalue weighted by molar-refractivity contribution is 5.95. The average Bonchev–Trinajstić information content (AvgIpc) is 2.50. The maximum atomic E-state index is 12.6. The Morgan fingerprint density at radius 3 is 2.52 bits per heavy atom. The van der Waals surface area contributed by atoms with Gasteiger partial charge in [-0.3, -0.25) is 9.59 Å². The number of amides is 2. The van der Waals surface area contributed by atoms with Gasteiger partial charge in [0.25, 0.3) is 0 Å². The Morgan fingerprint density at radius 1 is 1.24 bits per heavy atom. The Morgan fingerprint density at radius 2 is 1.90 bits per heavy atom. The quantitative estimate of drug-likeness (QED) is 0.901. The average molecular weight is 288 g/mol. The summed E-state index contributed by atoms with van der Waals surface area (Å²) < 4.78 is 0. The second-order valence-corrected chi connectivity index (χ2v) is 5.90. The molecule has 1 aliphatic heterocycles.